The first kappa shape index (κ1) is 26.8. The third-order valence-corrected chi connectivity index (χ3v) is 7.37. The summed E-state index contributed by atoms with van der Waals surface area (Å²) in [6.07, 6.45) is -1.20. The number of aliphatic imine (C=N–C) groups is 1. The number of benzene rings is 2. The van der Waals surface area contributed by atoms with E-state index in [1.807, 2.05) is 18.2 Å². The molecular weight excluding hydrogens is 505 g/mol. The van der Waals surface area contributed by atoms with Crippen molar-refractivity contribution in [2.75, 3.05) is 46.7 Å². The van der Waals surface area contributed by atoms with Gasteiger partial charge in [-0.3, -0.25) is 0 Å². The number of fused-ring (bicyclic) bond motifs is 1. The van der Waals surface area contributed by atoms with Crippen molar-refractivity contribution in [2.24, 2.45) is 10.9 Å². The zero-order valence-corrected chi connectivity index (χ0v) is 21.7. The quantitative estimate of drug-likeness (QED) is 0.267. The van der Waals surface area contributed by atoms with Gasteiger partial charge in [-0.05, 0) is 35.4 Å². The highest BCUT2D eigenvalue weighted by atomic mass is 32.1. The van der Waals surface area contributed by atoms with E-state index < -0.39 is 11.7 Å². The van der Waals surface area contributed by atoms with Crippen molar-refractivity contribution in [1.82, 2.24) is 9.47 Å². The molecule has 7 nitrogen and oxygen atoms in total. The van der Waals surface area contributed by atoms with Crippen molar-refractivity contribution in [3.05, 3.63) is 59.8 Å². The fraction of sp³-hybridized carbons (Fsp3) is 0.346. The largest absolute Gasteiger partial charge is 0.526 e. The van der Waals surface area contributed by atoms with Crippen molar-refractivity contribution < 1.29 is 27.4 Å². The molecule has 1 N–H and O–H groups in total. The molecule has 0 fully saturated rings. The molecule has 0 aliphatic carbocycles. The van der Waals surface area contributed by atoms with E-state index in [2.05, 4.69) is 15.3 Å². The number of halogens is 3. The molecule has 11 heteroatoms. The molecule has 0 bridgehead atoms. The van der Waals surface area contributed by atoms with Gasteiger partial charge in [0.2, 0.25) is 0 Å². The average molecular weight is 534 g/mol. The first-order chi connectivity index (χ1) is 17.5. The predicted octanol–water partition coefficient (Wildman–Crippen LogP) is 6.07. The summed E-state index contributed by atoms with van der Waals surface area (Å²) < 4.78 is 49.9. The Balaban J connectivity index is 1.49. The molecule has 1 aromatic heterocycles. The summed E-state index contributed by atoms with van der Waals surface area (Å²) in [6.45, 7) is 0.766. The number of methoxy groups -OCH3 is 1. The van der Waals surface area contributed by atoms with Crippen LogP contribution in [0.2, 0.25) is 0 Å². The number of aromatic nitrogens is 1. The first-order valence-corrected chi connectivity index (χ1v) is 12.4. The molecule has 1 aliphatic heterocycles. The molecule has 0 saturated heterocycles. The van der Waals surface area contributed by atoms with E-state index in [0.29, 0.717) is 24.0 Å². The molecular formula is C26H28F3N4O3S+. The van der Waals surface area contributed by atoms with Gasteiger partial charge in [0.05, 0.1) is 31.1 Å². The molecule has 0 radical (unpaired) electrons. The lowest BCUT2D eigenvalue weighted by molar-refractivity contribution is -0.137. The maximum Gasteiger partial charge on any atom is 0.526 e. The number of hydrogen-bond donors (Lipinski definition) is 1. The molecule has 1 aliphatic rings. The number of hydrogen-bond acceptors (Lipinski definition) is 7. The van der Waals surface area contributed by atoms with Crippen LogP contribution in [0.15, 0.2) is 53.7 Å². The predicted molar refractivity (Wildman–Crippen MR) is 140 cm³/mol. The van der Waals surface area contributed by atoms with Crippen LogP contribution in [0.25, 0.3) is 10.4 Å². The van der Waals surface area contributed by atoms with Gasteiger partial charge in [-0.15, -0.1) is 0 Å². The smallest absolute Gasteiger partial charge is 0.384 e. The summed E-state index contributed by atoms with van der Waals surface area (Å²) in [5.41, 5.74) is 1.72. The van der Waals surface area contributed by atoms with Gasteiger partial charge in [0, 0.05) is 51.0 Å². The Morgan fingerprint density at radius 3 is 2.59 bits per heavy atom. The van der Waals surface area contributed by atoms with E-state index in [1.165, 1.54) is 23.5 Å². The SMILES string of the molecule is CN=CC(CNc1ncc(-c2ccc3c(c2)OC(=O)[N+]3(C)C)s1)[C@@H](COC)c1ccc(C(F)(F)F)cc1. The minimum absolute atomic E-state index is 0.0348. The summed E-state index contributed by atoms with van der Waals surface area (Å²) in [5, 5.41) is 4.01. The second kappa shape index (κ2) is 10.6. The van der Waals surface area contributed by atoms with E-state index in [-0.39, 0.29) is 22.4 Å². The maximum absolute atomic E-state index is 13.0. The highest BCUT2D eigenvalue weighted by Gasteiger charge is 2.42. The fourth-order valence-electron chi connectivity index (χ4n) is 4.27. The summed E-state index contributed by atoms with van der Waals surface area (Å²) in [4.78, 5) is 21.7. The number of carbonyl (C=O) groups excluding carboxylic acids is 1. The van der Waals surface area contributed by atoms with Gasteiger partial charge in [0.25, 0.3) is 0 Å². The molecule has 0 spiro atoms. The van der Waals surface area contributed by atoms with E-state index in [4.69, 9.17) is 9.47 Å². The summed E-state index contributed by atoms with van der Waals surface area (Å²) in [6, 6.07) is 10.8. The second-order valence-corrected chi connectivity index (χ2v) is 10.2. The number of alkyl halides is 3. The van der Waals surface area contributed by atoms with Crippen LogP contribution in [-0.4, -0.2) is 58.7 Å². The van der Waals surface area contributed by atoms with E-state index in [1.54, 1.807) is 40.7 Å². The standard InChI is InChI=1S/C26H28F3N4O3S/c1-30-12-18(20(15-35-4)16-5-8-19(9-6-16)26(27,28)29)13-31-24-32-14-23(37-24)17-7-10-21-22(11-17)36-25(34)33(21,2)3/h5-12,14,18,20H,13,15H2,1-4H3,(H,31,32)/q+1/t18?,20-/m0/s1. The number of nitrogens with one attached hydrogen (secondary N) is 1. The Hall–Kier alpha value is -3.28. The van der Waals surface area contributed by atoms with Gasteiger partial charge in [0.15, 0.2) is 16.6 Å². The first-order valence-electron chi connectivity index (χ1n) is 11.5. The molecule has 2 heterocycles. The number of quaternary nitrogens is 1. The topological polar surface area (TPSA) is 72.8 Å². The zero-order chi connectivity index (χ0) is 26.8. The minimum Gasteiger partial charge on any atom is -0.384 e. The average Bonchev–Trinajstić information content (AvgIpc) is 3.42. The van der Waals surface area contributed by atoms with E-state index >= 15 is 0 Å². The van der Waals surface area contributed by atoms with E-state index in [9.17, 15) is 18.0 Å². The Labute approximate surface area is 217 Å². The monoisotopic (exact) mass is 533 g/mol. The Kier molecular flexibility index (Phi) is 7.67. The maximum atomic E-state index is 13.0. The van der Waals surface area contributed by atoms with Crippen LogP contribution in [-0.2, 0) is 10.9 Å². The Bertz CT molecular complexity index is 1290. The van der Waals surface area contributed by atoms with Crippen molar-refractivity contribution in [2.45, 2.75) is 12.1 Å². The number of amides is 1. The molecule has 3 aromatic rings. The normalized spacial score (nSPS) is 16.5. The van der Waals surface area contributed by atoms with Crippen LogP contribution in [0.1, 0.15) is 17.0 Å². The van der Waals surface area contributed by atoms with E-state index in [0.717, 1.165) is 33.8 Å². The number of anilines is 1. The lowest BCUT2D eigenvalue weighted by atomic mass is 9.86. The van der Waals surface area contributed by atoms with Gasteiger partial charge in [0.1, 0.15) is 0 Å². The van der Waals surface area contributed by atoms with Gasteiger partial charge < -0.3 is 19.8 Å². The van der Waals surface area contributed by atoms with Gasteiger partial charge in [-0.2, -0.15) is 22.4 Å². The molecule has 2 atom stereocenters. The highest BCUT2D eigenvalue weighted by Crippen LogP contribution is 2.42. The van der Waals surface area contributed by atoms with Crippen LogP contribution in [0.4, 0.5) is 28.8 Å². The molecule has 1 amide bonds. The second-order valence-electron chi connectivity index (χ2n) is 9.17. The molecule has 37 heavy (non-hydrogen) atoms. The molecule has 1 unspecified atom stereocenters. The Morgan fingerprint density at radius 1 is 1.22 bits per heavy atom. The van der Waals surface area contributed by atoms with Crippen LogP contribution in [0, 0.1) is 5.92 Å². The molecule has 2 aromatic carbocycles. The lowest BCUT2D eigenvalue weighted by Crippen LogP contribution is -2.43. The summed E-state index contributed by atoms with van der Waals surface area (Å²) >= 11 is 1.45. The third-order valence-electron chi connectivity index (χ3n) is 6.36. The Morgan fingerprint density at radius 2 is 1.95 bits per heavy atom. The van der Waals surface area contributed by atoms with Crippen molar-refractivity contribution in [3.8, 4) is 16.2 Å². The third kappa shape index (κ3) is 5.68. The lowest BCUT2D eigenvalue weighted by Gasteiger charge is -2.24. The minimum atomic E-state index is -4.39. The van der Waals surface area contributed by atoms with Crippen molar-refractivity contribution >= 4 is 34.5 Å². The molecule has 196 valence electrons. The van der Waals surface area contributed by atoms with Crippen LogP contribution in [0.3, 0.4) is 0 Å². The number of ether oxygens (including phenoxy) is 2. The summed E-state index contributed by atoms with van der Waals surface area (Å²) in [5.74, 6) is 0.165. The zero-order valence-electron chi connectivity index (χ0n) is 20.9. The number of carbonyl (C=O) groups is 1. The van der Waals surface area contributed by atoms with Crippen LogP contribution in [0.5, 0.6) is 5.75 Å². The fourth-order valence-corrected chi connectivity index (χ4v) is 5.09. The summed E-state index contributed by atoms with van der Waals surface area (Å²) in [7, 11) is 6.78. The molecule has 4 rings (SSSR count). The van der Waals surface area contributed by atoms with Gasteiger partial charge >= 0.3 is 12.3 Å². The number of rotatable bonds is 9. The van der Waals surface area contributed by atoms with Gasteiger partial charge in [-0.25, -0.2) is 4.98 Å². The number of nitrogens with zero attached hydrogens (tertiary/aromatic N) is 3. The van der Waals surface area contributed by atoms with Gasteiger partial charge in [-0.1, -0.05) is 23.5 Å². The highest BCUT2D eigenvalue weighted by molar-refractivity contribution is 7.18. The van der Waals surface area contributed by atoms with Crippen LogP contribution >= 0.6 is 11.3 Å². The number of thiazole rings is 1. The van der Waals surface area contributed by atoms with Crippen molar-refractivity contribution in [1.29, 1.82) is 0 Å². The molecule has 0 saturated carbocycles. The van der Waals surface area contributed by atoms with Crippen molar-refractivity contribution in [3.63, 3.8) is 0 Å². The van der Waals surface area contributed by atoms with Crippen LogP contribution < -0.4 is 14.5 Å².